The molecule has 1 atom stereocenters. The number of carbonyl (C=O) groups is 3. The fourth-order valence-electron chi connectivity index (χ4n) is 4.73. The first kappa shape index (κ1) is 29.5. The molecule has 0 radical (unpaired) electrons. The van der Waals surface area contributed by atoms with Crippen LogP contribution in [-0.4, -0.2) is 45.8 Å². The molecule has 0 bridgehead atoms. The molecular formula is C31H28BrClN4O5. The minimum atomic E-state index is -0.837. The van der Waals surface area contributed by atoms with Gasteiger partial charge in [0.15, 0.2) is 5.69 Å². The van der Waals surface area contributed by atoms with Gasteiger partial charge in [-0.25, -0.2) is 4.79 Å². The Labute approximate surface area is 255 Å². The van der Waals surface area contributed by atoms with E-state index >= 15 is 0 Å². The maximum absolute atomic E-state index is 13.6. The number of ether oxygens (including phenoxy) is 1. The Morgan fingerprint density at radius 3 is 2.43 bits per heavy atom. The lowest BCUT2D eigenvalue weighted by molar-refractivity contribution is -0.118. The number of nitrogens with one attached hydrogen (secondary N) is 1. The molecule has 42 heavy (non-hydrogen) atoms. The van der Waals surface area contributed by atoms with Crippen molar-refractivity contribution >= 4 is 61.8 Å². The number of benzene rings is 3. The first-order chi connectivity index (χ1) is 19.8. The summed E-state index contributed by atoms with van der Waals surface area (Å²) in [6, 6.07) is 15.9. The van der Waals surface area contributed by atoms with Crippen molar-refractivity contribution in [3.8, 4) is 5.69 Å². The Kier molecular flexibility index (Phi) is 7.96. The molecule has 2 amide bonds. The highest BCUT2D eigenvalue weighted by molar-refractivity contribution is 9.10. The number of amides is 2. The van der Waals surface area contributed by atoms with Gasteiger partial charge in [-0.2, -0.15) is 9.78 Å². The lowest BCUT2D eigenvalue weighted by atomic mass is 10.1. The van der Waals surface area contributed by atoms with Crippen molar-refractivity contribution in [2.75, 3.05) is 11.4 Å². The number of aryl methyl sites for hydroxylation is 1. The number of hydrogen-bond donors (Lipinski definition) is 1. The average Bonchev–Trinajstić information content (AvgIpc) is 3.29. The second-order valence-electron chi connectivity index (χ2n) is 11.0. The van der Waals surface area contributed by atoms with Gasteiger partial charge in [0.2, 0.25) is 5.91 Å². The smallest absolute Gasteiger partial charge is 0.338 e. The predicted octanol–water partition coefficient (Wildman–Crippen LogP) is 5.60. The normalized spacial score (nSPS) is 15.2. The summed E-state index contributed by atoms with van der Waals surface area (Å²) in [7, 11) is 0. The molecular weight excluding hydrogens is 624 g/mol. The molecule has 0 saturated carbocycles. The third-order valence-electron chi connectivity index (χ3n) is 6.76. The van der Waals surface area contributed by atoms with Crippen LogP contribution >= 0.6 is 27.5 Å². The number of anilines is 1. The quantitative estimate of drug-likeness (QED) is 0.282. The summed E-state index contributed by atoms with van der Waals surface area (Å²) in [5, 5.41) is 8.34. The molecule has 0 aliphatic carbocycles. The molecule has 1 saturated heterocycles. The summed E-state index contributed by atoms with van der Waals surface area (Å²) >= 11 is 9.72. The van der Waals surface area contributed by atoms with Crippen LogP contribution in [0.2, 0.25) is 5.02 Å². The zero-order valence-electron chi connectivity index (χ0n) is 23.4. The second kappa shape index (κ2) is 11.3. The lowest BCUT2D eigenvalue weighted by Crippen LogP contribution is -2.42. The first-order valence-corrected chi connectivity index (χ1v) is 14.4. The Bertz CT molecular complexity index is 1810. The third-order valence-corrected chi connectivity index (χ3v) is 7.62. The van der Waals surface area contributed by atoms with E-state index in [0.717, 1.165) is 10.2 Å². The molecule has 0 spiro atoms. The minimum Gasteiger partial charge on any atom is -0.456 e. The molecule has 1 aromatic heterocycles. The van der Waals surface area contributed by atoms with Crippen molar-refractivity contribution in [3.63, 3.8) is 0 Å². The van der Waals surface area contributed by atoms with Gasteiger partial charge in [-0.15, -0.1) is 0 Å². The summed E-state index contributed by atoms with van der Waals surface area (Å²) in [6.07, 6.45) is 0.337. The van der Waals surface area contributed by atoms with Crippen LogP contribution in [0.4, 0.5) is 5.69 Å². The molecule has 1 aliphatic rings. The van der Waals surface area contributed by atoms with Crippen LogP contribution in [-0.2, 0) is 9.53 Å². The van der Waals surface area contributed by atoms with Crippen LogP contribution in [0.3, 0.4) is 0 Å². The molecule has 216 valence electrons. The standard InChI is InChI=1S/C31H28BrClN4O5/c1-17-9-10-20(16-24(17)33)37-28(39)23-8-6-5-7-22(23)26(35-37)27(38)34-25-11-12-36(29(25)40)21-14-18(13-19(32)15-21)30(41)42-31(2,3)4/h5-10,13-16,25H,11-12H2,1-4H3,(H,34,38). The van der Waals surface area contributed by atoms with E-state index in [2.05, 4.69) is 26.3 Å². The predicted molar refractivity (Wildman–Crippen MR) is 165 cm³/mol. The van der Waals surface area contributed by atoms with Gasteiger partial charge in [-0.3, -0.25) is 14.4 Å². The number of carbonyl (C=O) groups excluding carboxylic acids is 3. The summed E-state index contributed by atoms with van der Waals surface area (Å²) in [6.45, 7) is 7.50. The summed E-state index contributed by atoms with van der Waals surface area (Å²) in [4.78, 5) is 54.6. The average molecular weight is 652 g/mol. The Balaban J connectivity index is 1.43. The van der Waals surface area contributed by atoms with E-state index in [1.807, 2.05) is 6.92 Å². The highest BCUT2D eigenvalue weighted by atomic mass is 79.9. The van der Waals surface area contributed by atoms with Gasteiger partial charge in [0.25, 0.3) is 11.5 Å². The van der Waals surface area contributed by atoms with E-state index in [1.165, 1.54) is 4.90 Å². The van der Waals surface area contributed by atoms with E-state index in [1.54, 1.807) is 81.4 Å². The number of nitrogens with zero attached hydrogens (tertiary/aromatic N) is 3. The third kappa shape index (κ3) is 5.96. The number of halogens is 2. The van der Waals surface area contributed by atoms with Crippen molar-refractivity contribution in [2.24, 2.45) is 0 Å². The highest BCUT2D eigenvalue weighted by Gasteiger charge is 2.35. The summed E-state index contributed by atoms with van der Waals surface area (Å²) in [5.41, 5.74) is 0.965. The molecule has 1 aliphatic heterocycles. The maximum atomic E-state index is 13.6. The number of hydrogen-bond acceptors (Lipinski definition) is 6. The van der Waals surface area contributed by atoms with Crippen molar-refractivity contribution in [2.45, 2.75) is 45.8 Å². The SMILES string of the molecule is Cc1ccc(-n2nc(C(=O)NC3CCN(c4cc(Br)cc(C(=O)OC(C)(C)C)c4)C3=O)c3ccccc3c2=O)cc1Cl. The van der Waals surface area contributed by atoms with E-state index in [9.17, 15) is 19.2 Å². The largest absolute Gasteiger partial charge is 0.456 e. The van der Waals surface area contributed by atoms with Crippen LogP contribution in [0.25, 0.3) is 16.5 Å². The van der Waals surface area contributed by atoms with Crippen LogP contribution in [0.1, 0.15) is 53.6 Å². The van der Waals surface area contributed by atoms with Crippen LogP contribution in [0.5, 0.6) is 0 Å². The van der Waals surface area contributed by atoms with Gasteiger partial charge in [-0.05, 0) is 76.1 Å². The Hall–Kier alpha value is -4.02. The lowest BCUT2D eigenvalue weighted by Gasteiger charge is -2.21. The molecule has 3 aromatic carbocycles. The number of aromatic nitrogens is 2. The van der Waals surface area contributed by atoms with E-state index in [-0.39, 0.29) is 11.6 Å². The van der Waals surface area contributed by atoms with Gasteiger partial charge in [0.1, 0.15) is 11.6 Å². The summed E-state index contributed by atoms with van der Waals surface area (Å²) in [5.74, 6) is -1.44. The van der Waals surface area contributed by atoms with Gasteiger partial charge in [0.05, 0.1) is 16.6 Å². The van der Waals surface area contributed by atoms with Crippen molar-refractivity contribution in [3.05, 3.63) is 97.3 Å². The molecule has 1 fully saturated rings. The van der Waals surface area contributed by atoms with Crippen LogP contribution < -0.4 is 15.8 Å². The van der Waals surface area contributed by atoms with Crippen molar-refractivity contribution in [1.82, 2.24) is 15.1 Å². The Morgan fingerprint density at radius 1 is 1.02 bits per heavy atom. The van der Waals surface area contributed by atoms with Crippen molar-refractivity contribution < 1.29 is 19.1 Å². The monoisotopic (exact) mass is 650 g/mol. The molecule has 1 unspecified atom stereocenters. The molecule has 4 aromatic rings. The number of esters is 1. The molecule has 11 heteroatoms. The highest BCUT2D eigenvalue weighted by Crippen LogP contribution is 2.28. The topological polar surface area (TPSA) is 111 Å². The van der Waals surface area contributed by atoms with Crippen LogP contribution in [0.15, 0.2) is 69.9 Å². The zero-order chi connectivity index (χ0) is 30.3. The zero-order valence-corrected chi connectivity index (χ0v) is 25.7. The van der Waals surface area contributed by atoms with E-state index in [0.29, 0.717) is 50.2 Å². The maximum Gasteiger partial charge on any atom is 0.338 e. The van der Waals surface area contributed by atoms with Gasteiger partial charge < -0.3 is 15.0 Å². The fraction of sp³-hybridized carbons (Fsp3) is 0.258. The number of rotatable bonds is 5. The fourth-order valence-corrected chi connectivity index (χ4v) is 5.38. The molecule has 9 nitrogen and oxygen atoms in total. The minimum absolute atomic E-state index is 0.00261. The second-order valence-corrected chi connectivity index (χ2v) is 12.4. The van der Waals surface area contributed by atoms with Gasteiger partial charge in [-0.1, -0.05) is 51.8 Å². The van der Waals surface area contributed by atoms with E-state index < -0.39 is 29.1 Å². The molecule has 2 heterocycles. The summed E-state index contributed by atoms with van der Waals surface area (Å²) < 4.78 is 7.24. The van der Waals surface area contributed by atoms with E-state index in [4.69, 9.17) is 16.3 Å². The Morgan fingerprint density at radius 2 is 1.74 bits per heavy atom. The van der Waals surface area contributed by atoms with Gasteiger partial charge in [0, 0.05) is 27.1 Å². The van der Waals surface area contributed by atoms with Gasteiger partial charge >= 0.3 is 5.97 Å². The first-order valence-electron chi connectivity index (χ1n) is 13.3. The molecule has 1 N–H and O–H groups in total. The number of fused-ring (bicyclic) bond motifs is 1. The van der Waals surface area contributed by atoms with Crippen molar-refractivity contribution in [1.29, 1.82) is 0 Å². The van der Waals surface area contributed by atoms with Crippen LogP contribution in [0, 0.1) is 6.92 Å². The molecule has 5 rings (SSSR count).